The van der Waals surface area contributed by atoms with Crippen LogP contribution in [0.2, 0.25) is 0 Å². The molecule has 1 aliphatic rings. The quantitative estimate of drug-likeness (QED) is 0.262. The molecule has 1 heterocycles. The van der Waals surface area contributed by atoms with E-state index in [9.17, 15) is 4.79 Å². The molecule has 1 amide bonds. The van der Waals surface area contributed by atoms with Gasteiger partial charge < -0.3 is 16.0 Å². The van der Waals surface area contributed by atoms with Crippen molar-refractivity contribution in [2.75, 3.05) is 39.3 Å². The largest absolute Gasteiger partial charge is 0.357 e. The zero-order chi connectivity index (χ0) is 21.1. The van der Waals surface area contributed by atoms with Crippen molar-refractivity contribution in [1.29, 1.82) is 0 Å². The van der Waals surface area contributed by atoms with E-state index in [2.05, 4.69) is 66.7 Å². The molecule has 170 valence electrons. The number of halogens is 1. The SMILES string of the molecule is CCCNC(=O)CN1CCC(NC(=NCCc2cc(C)cc(C)c2)NCC)CC1.I. The molecule has 1 saturated heterocycles. The lowest BCUT2D eigenvalue weighted by atomic mass is 10.0. The molecule has 3 N–H and O–H groups in total. The lowest BCUT2D eigenvalue weighted by Crippen LogP contribution is -2.50. The van der Waals surface area contributed by atoms with E-state index in [1.54, 1.807) is 0 Å². The van der Waals surface area contributed by atoms with Crippen molar-refractivity contribution >= 4 is 35.8 Å². The fraction of sp³-hybridized carbons (Fsp3) is 0.652. The number of likely N-dealkylation sites (tertiary alicyclic amines) is 1. The normalized spacial score (nSPS) is 15.4. The first-order valence-corrected chi connectivity index (χ1v) is 11.1. The second-order valence-corrected chi connectivity index (χ2v) is 8.05. The molecule has 0 radical (unpaired) electrons. The maximum absolute atomic E-state index is 11.9. The van der Waals surface area contributed by atoms with Gasteiger partial charge in [-0.3, -0.25) is 14.7 Å². The Labute approximate surface area is 199 Å². The van der Waals surface area contributed by atoms with E-state index < -0.39 is 0 Å². The van der Waals surface area contributed by atoms with Gasteiger partial charge in [0, 0.05) is 38.8 Å². The standard InChI is InChI=1S/C23H39N5O.HI/c1-5-10-25-22(29)17-28-12-8-21(9-13-28)27-23(24-6-2)26-11-7-20-15-18(3)14-19(4)16-20;/h14-16,21H,5-13,17H2,1-4H3,(H,25,29)(H2,24,26,27);1H. The Kier molecular flexibility index (Phi) is 13.0. The van der Waals surface area contributed by atoms with Crippen LogP contribution in [0.15, 0.2) is 23.2 Å². The minimum atomic E-state index is 0. The first-order chi connectivity index (χ1) is 14.0. The fourth-order valence-electron chi connectivity index (χ4n) is 3.78. The van der Waals surface area contributed by atoms with Crippen molar-refractivity contribution in [2.24, 2.45) is 4.99 Å². The Balaban J connectivity index is 0.00000450. The molecule has 0 saturated carbocycles. The van der Waals surface area contributed by atoms with Crippen LogP contribution < -0.4 is 16.0 Å². The third-order valence-corrected chi connectivity index (χ3v) is 5.16. The van der Waals surface area contributed by atoms with Crippen molar-refractivity contribution in [2.45, 2.75) is 59.4 Å². The monoisotopic (exact) mass is 529 g/mol. The maximum Gasteiger partial charge on any atom is 0.234 e. The summed E-state index contributed by atoms with van der Waals surface area (Å²) in [5.74, 6) is 1.04. The molecule has 7 heteroatoms. The van der Waals surface area contributed by atoms with Gasteiger partial charge in [-0.05, 0) is 52.0 Å². The van der Waals surface area contributed by atoms with E-state index in [1.807, 2.05) is 0 Å². The van der Waals surface area contributed by atoms with Gasteiger partial charge in [-0.1, -0.05) is 36.2 Å². The maximum atomic E-state index is 11.9. The average Bonchev–Trinajstić information content (AvgIpc) is 2.67. The summed E-state index contributed by atoms with van der Waals surface area (Å²) in [5, 5.41) is 9.91. The van der Waals surface area contributed by atoms with Gasteiger partial charge in [0.15, 0.2) is 5.96 Å². The molecule has 1 aliphatic heterocycles. The van der Waals surface area contributed by atoms with Crippen LogP contribution in [0.25, 0.3) is 0 Å². The summed E-state index contributed by atoms with van der Waals surface area (Å²) < 4.78 is 0. The van der Waals surface area contributed by atoms with Crippen LogP contribution in [0, 0.1) is 13.8 Å². The van der Waals surface area contributed by atoms with E-state index in [4.69, 9.17) is 4.99 Å². The molecule has 0 bridgehead atoms. The highest BCUT2D eigenvalue weighted by molar-refractivity contribution is 14.0. The summed E-state index contributed by atoms with van der Waals surface area (Å²) in [4.78, 5) is 18.9. The smallest absolute Gasteiger partial charge is 0.234 e. The van der Waals surface area contributed by atoms with Crippen LogP contribution in [0.4, 0.5) is 0 Å². The second-order valence-electron chi connectivity index (χ2n) is 8.05. The van der Waals surface area contributed by atoms with Crippen molar-refractivity contribution in [3.05, 3.63) is 34.9 Å². The number of carbonyl (C=O) groups is 1. The number of hydrogen-bond acceptors (Lipinski definition) is 3. The molecule has 1 fully saturated rings. The minimum Gasteiger partial charge on any atom is -0.357 e. The number of nitrogens with one attached hydrogen (secondary N) is 3. The van der Waals surface area contributed by atoms with Crippen LogP contribution >= 0.6 is 24.0 Å². The first-order valence-electron chi connectivity index (χ1n) is 11.1. The zero-order valence-corrected chi connectivity index (χ0v) is 21.4. The van der Waals surface area contributed by atoms with E-state index in [0.29, 0.717) is 12.6 Å². The van der Waals surface area contributed by atoms with Crippen LogP contribution in [-0.4, -0.2) is 62.1 Å². The number of benzene rings is 1. The van der Waals surface area contributed by atoms with Crippen molar-refractivity contribution < 1.29 is 4.79 Å². The number of guanidine groups is 1. The van der Waals surface area contributed by atoms with E-state index >= 15 is 0 Å². The predicted octanol–water partition coefficient (Wildman–Crippen LogP) is 3.01. The van der Waals surface area contributed by atoms with Crippen LogP contribution in [0.3, 0.4) is 0 Å². The molecule has 0 atom stereocenters. The van der Waals surface area contributed by atoms with Gasteiger partial charge in [-0.25, -0.2) is 0 Å². The fourth-order valence-corrected chi connectivity index (χ4v) is 3.78. The van der Waals surface area contributed by atoms with Gasteiger partial charge >= 0.3 is 0 Å². The van der Waals surface area contributed by atoms with Crippen LogP contribution in [0.1, 0.15) is 49.8 Å². The summed E-state index contributed by atoms with van der Waals surface area (Å²) >= 11 is 0. The molecular weight excluding hydrogens is 489 g/mol. The first kappa shape index (κ1) is 26.7. The van der Waals surface area contributed by atoms with Crippen LogP contribution in [0.5, 0.6) is 0 Å². The van der Waals surface area contributed by atoms with Gasteiger partial charge in [-0.2, -0.15) is 0 Å². The van der Waals surface area contributed by atoms with Gasteiger partial charge in [0.25, 0.3) is 0 Å². The Morgan fingerprint density at radius 2 is 1.77 bits per heavy atom. The molecule has 0 aromatic heterocycles. The summed E-state index contributed by atoms with van der Waals surface area (Å²) in [6.07, 6.45) is 3.99. The van der Waals surface area contributed by atoms with Crippen molar-refractivity contribution in [1.82, 2.24) is 20.9 Å². The molecule has 6 nitrogen and oxygen atoms in total. The lowest BCUT2D eigenvalue weighted by Gasteiger charge is -2.32. The highest BCUT2D eigenvalue weighted by Crippen LogP contribution is 2.11. The Hall–Kier alpha value is -1.35. The van der Waals surface area contributed by atoms with Crippen molar-refractivity contribution in [3.8, 4) is 0 Å². The number of piperidine rings is 1. The third kappa shape index (κ3) is 10.1. The summed E-state index contributed by atoms with van der Waals surface area (Å²) in [7, 11) is 0. The lowest BCUT2D eigenvalue weighted by molar-refractivity contribution is -0.122. The summed E-state index contributed by atoms with van der Waals surface area (Å²) in [6, 6.07) is 7.10. The molecule has 1 aromatic carbocycles. The molecule has 30 heavy (non-hydrogen) atoms. The number of hydrogen-bond donors (Lipinski definition) is 3. The summed E-state index contributed by atoms with van der Waals surface area (Å²) in [6.45, 7) is 13.2. The van der Waals surface area contributed by atoms with E-state index in [0.717, 1.165) is 64.4 Å². The number of nitrogens with zero attached hydrogens (tertiary/aromatic N) is 2. The minimum absolute atomic E-state index is 0. The van der Waals surface area contributed by atoms with E-state index in [-0.39, 0.29) is 29.9 Å². The Bertz CT molecular complexity index is 651. The van der Waals surface area contributed by atoms with Crippen LogP contribution in [-0.2, 0) is 11.2 Å². The van der Waals surface area contributed by atoms with Gasteiger partial charge in [0.05, 0.1) is 6.54 Å². The third-order valence-electron chi connectivity index (χ3n) is 5.16. The molecular formula is C23H40IN5O. The van der Waals surface area contributed by atoms with Gasteiger partial charge in [0.2, 0.25) is 5.91 Å². The number of aliphatic imine (C=N–C) groups is 1. The average molecular weight is 530 g/mol. The number of carbonyl (C=O) groups excluding carboxylic acids is 1. The van der Waals surface area contributed by atoms with Gasteiger partial charge in [0.1, 0.15) is 0 Å². The second kappa shape index (κ2) is 14.6. The molecule has 1 aromatic rings. The highest BCUT2D eigenvalue weighted by Gasteiger charge is 2.21. The number of rotatable bonds is 9. The molecule has 0 aliphatic carbocycles. The van der Waals surface area contributed by atoms with Gasteiger partial charge in [-0.15, -0.1) is 24.0 Å². The Morgan fingerprint density at radius 3 is 2.37 bits per heavy atom. The molecule has 2 rings (SSSR count). The zero-order valence-electron chi connectivity index (χ0n) is 19.1. The number of amides is 1. The topological polar surface area (TPSA) is 68.8 Å². The van der Waals surface area contributed by atoms with E-state index in [1.165, 1.54) is 16.7 Å². The Morgan fingerprint density at radius 1 is 1.10 bits per heavy atom. The van der Waals surface area contributed by atoms with Crippen molar-refractivity contribution in [3.63, 3.8) is 0 Å². The molecule has 0 unspecified atom stereocenters. The number of aryl methyl sites for hydroxylation is 2. The highest BCUT2D eigenvalue weighted by atomic mass is 127. The predicted molar refractivity (Wildman–Crippen MR) is 137 cm³/mol. The summed E-state index contributed by atoms with van der Waals surface area (Å²) in [5.41, 5.74) is 3.96. The molecule has 0 spiro atoms.